The van der Waals surface area contributed by atoms with Gasteiger partial charge in [0.15, 0.2) is 0 Å². The van der Waals surface area contributed by atoms with Gasteiger partial charge in [0, 0.05) is 36.6 Å². The SMILES string of the molecule is Cc1cc(C)c(C(=O)NCc2cn(C)nc2C)cc1N. The minimum Gasteiger partial charge on any atom is -0.398 e. The highest BCUT2D eigenvalue weighted by atomic mass is 16.1. The van der Waals surface area contributed by atoms with Gasteiger partial charge >= 0.3 is 0 Å². The molecular weight excluding hydrogens is 252 g/mol. The predicted molar refractivity (Wildman–Crippen MR) is 79.4 cm³/mol. The zero-order valence-electron chi connectivity index (χ0n) is 12.3. The summed E-state index contributed by atoms with van der Waals surface area (Å²) in [6.45, 7) is 6.24. The van der Waals surface area contributed by atoms with Crippen LogP contribution in [0.4, 0.5) is 5.69 Å². The van der Waals surface area contributed by atoms with Gasteiger partial charge in [0.05, 0.1) is 5.69 Å². The van der Waals surface area contributed by atoms with Gasteiger partial charge in [0.25, 0.3) is 5.91 Å². The monoisotopic (exact) mass is 272 g/mol. The Balaban J connectivity index is 2.13. The average molecular weight is 272 g/mol. The van der Waals surface area contributed by atoms with Gasteiger partial charge in [-0.15, -0.1) is 0 Å². The molecule has 5 nitrogen and oxygen atoms in total. The highest BCUT2D eigenvalue weighted by Gasteiger charge is 2.12. The smallest absolute Gasteiger partial charge is 0.251 e. The molecule has 2 rings (SSSR count). The molecule has 0 aliphatic carbocycles. The van der Waals surface area contributed by atoms with Gasteiger partial charge in [-0.2, -0.15) is 5.10 Å². The minimum atomic E-state index is -0.113. The summed E-state index contributed by atoms with van der Waals surface area (Å²) < 4.78 is 1.74. The second-order valence-electron chi connectivity index (χ2n) is 5.12. The molecule has 1 aromatic carbocycles. The number of nitrogens with one attached hydrogen (secondary N) is 1. The molecule has 106 valence electrons. The van der Waals surface area contributed by atoms with E-state index < -0.39 is 0 Å². The van der Waals surface area contributed by atoms with E-state index in [-0.39, 0.29) is 5.91 Å². The number of rotatable bonds is 3. The quantitative estimate of drug-likeness (QED) is 0.838. The summed E-state index contributed by atoms with van der Waals surface area (Å²) in [5.74, 6) is -0.113. The maximum absolute atomic E-state index is 12.2. The Bertz CT molecular complexity index is 658. The molecule has 0 aliphatic heterocycles. The molecule has 0 atom stereocenters. The molecular formula is C15H20N4O. The van der Waals surface area contributed by atoms with Gasteiger partial charge in [-0.25, -0.2) is 0 Å². The van der Waals surface area contributed by atoms with Gasteiger partial charge in [-0.3, -0.25) is 9.48 Å². The first kappa shape index (κ1) is 14.1. The maximum atomic E-state index is 12.2. The van der Waals surface area contributed by atoms with E-state index in [1.54, 1.807) is 10.7 Å². The van der Waals surface area contributed by atoms with E-state index in [0.717, 1.165) is 22.4 Å². The molecule has 0 spiro atoms. The van der Waals surface area contributed by atoms with Crippen molar-refractivity contribution in [1.29, 1.82) is 0 Å². The molecule has 0 bridgehead atoms. The first-order valence-corrected chi connectivity index (χ1v) is 6.52. The number of anilines is 1. The van der Waals surface area contributed by atoms with Crippen LogP contribution in [-0.4, -0.2) is 15.7 Å². The number of aromatic nitrogens is 2. The van der Waals surface area contributed by atoms with Crippen molar-refractivity contribution in [1.82, 2.24) is 15.1 Å². The van der Waals surface area contributed by atoms with E-state index in [0.29, 0.717) is 17.8 Å². The van der Waals surface area contributed by atoms with Gasteiger partial charge in [-0.1, -0.05) is 6.07 Å². The van der Waals surface area contributed by atoms with Crippen molar-refractivity contribution >= 4 is 11.6 Å². The number of nitrogens with zero attached hydrogens (tertiary/aromatic N) is 2. The molecule has 1 amide bonds. The molecule has 0 saturated heterocycles. The lowest BCUT2D eigenvalue weighted by Gasteiger charge is -2.10. The number of benzene rings is 1. The lowest BCUT2D eigenvalue weighted by Crippen LogP contribution is -2.24. The number of aryl methyl sites for hydroxylation is 4. The minimum absolute atomic E-state index is 0.113. The van der Waals surface area contributed by atoms with Crippen molar-refractivity contribution in [2.75, 3.05) is 5.73 Å². The summed E-state index contributed by atoms with van der Waals surface area (Å²) >= 11 is 0. The summed E-state index contributed by atoms with van der Waals surface area (Å²) in [7, 11) is 1.86. The summed E-state index contributed by atoms with van der Waals surface area (Å²) in [5, 5.41) is 7.16. The zero-order valence-corrected chi connectivity index (χ0v) is 12.3. The molecule has 2 aromatic rings. The Labute approximate surface area is 118 Å². The Morgan fingerprint density at radius 2 is 2.00 bits per heavy atom. The third-order valence-corrected chi connectivity index (χ3v) is 3.41. The van der Waals surface area contributed by atoms with Crippen molar-refractivity contribution in [2.45, 2.75) is 27.3 Å². The van der Waals surface area contributed by atoms with Crippen LogP contribution in [0, 0.1) is 20.8 Å². The normalized spacial score (nSPS) is 10.6. The third kappa shape index (κ3) is 2.82. The van der Waals surface area contributed by atoms with Gasteiger partial charge in [0.1, 0.15) is 0 Å². The van der Waals surface area contributed by atoms with E-state index in [4.69, 9.17) is 5.73 Å². The van der Waals surface area contributed by atoms with Crippen LogP contribution in [0.5, 0.6) is 0 Å². The fourth-order valence-corrected chi connectivity index (χ4v) is 2.21. The number of carbonyl (C=O) groups excluding carboxylic acids is 1. The Hall–Kier alpha value is -2.30. The Morgan fingerprint density at radius 3 is 2.60 bits per heavy atom. The molecule has 0 unspecified atom stereocenters. The van der Waals surface area contributed by atoms with Crippen LogP contribution >= 0.6 is 0 Å². The topological polar surface area (TPSA) is 72.9 Å². The van der Waals surface area contributed by atoms with Crippen LogP contribution in [0.15, 0.2) is 18.3 Å². The lowest BCUT2D eigenvalue weighted by molar-refractivity contribution is 0.0950. The number of hydrogen-bond donors (Lipinski definition) is 2. The second-order valence-corrected chi connectivity index (χ2v) is 5.12. The van der Waals surface area contributed by atoms with Crippen LogP contribution in [0.3, 0.4) is 0 Å². The maximum Gasteiger partial charge on any atom is 0.251 e. The standard InChI is InChI=1S/C15H20N4O/c1-9-5-10(2)14(16)6-13(9)15(20)17-7-12-8-19(4)18-11(12)3/h5-6,8H,7,16H2,1-4H3,(H,17,20). The number of nitrogens with two attached hydrogens (primary N) is 1. The molecule has 1 heterocycles. The van der Waals surface area contributed by atoms with E-state index >= 15 is 0 Å². The van der Waals surface area contributed by atoms with Crippen LogP contribution in [0.25, 0.3) is 0 Å². The Morgan fingerprint density at radius 1 is 1.30 bits per heavy atom. The first-order valence-electron chi connectivity index (χ1n) is 6.52. The van der Waals surface area contributed by atoms with Crippen molar-refractivity contribution < 1.29 is 4.79 Å². The molecule has 5 heteroatoms. The molecule has 0 radical (unpaired) electrons. The first-order chi connectivity index (χ1) is 9.38. The summed E-state index contributed by atoms with van der Waals surface area (Å²) in [5.41, 5.74) is 11.0. The molecule has 0 fully saturated rings. The van der Waals surface area contributed by atoms with Gasteiger partial charge < -0.3 is 11.1 Å². The largest absolute Gasteiger partial charge is 0.398 e. The zero-order chi connectivity index (χ0) is 14.9. The number of nitrogen functional groups attached to an aromatic ring is 1. The molecule has 0 saturated carbocycles. The molecule has 3 N–H and O–H groups in total. The number of hydrogen-bond acceptors (Lipinski definition) is 3. The van der Waals surface area contributed by atoms with Gasteiger partial charge in [0.2, 0.25) is 0 Å². The summed E-state index contributed by atoms with van der Waals surface area (Å²) in [6, 6.07) is 3.66. The van der Waals surface area contributed by atoms with Crippen LogP contribution in [0.1, 0.15) is 32.7 Å². The van der Waals surface area contributed by atoms with E-state index in [9.17, 15) is 4.79 Å². The summed E-state index contributed by atoms with van der Waals surface area (Å²) in [4.78, 5) is 12.2. The van der Waals surface area contributed by atoms with E-state index in [2.05, 4.69) is 10.4 Å². The lowest BCUT2D eigenvalue weighted by atomic mass is 10.0. The van der Waals surface area contributed by atoms with Gasteiger partial charge in [-0.05, 0) is 38.0 Å². The fraction of sp³-hybridized carbons (Fsp3) is 0.333. The van der Waals surface area contributed by atoms with Crippen LogP contribution in [0.2, 0.25) is 0 Å². The van der Waals surface area contributed by atoms with E-state index in [1.807, 2.05) is 40.1 Å². The third-order valence-electron chi connectivity index (χ3n) is 3.41. The van der Waals surface area contributed by atoms with Crippen molar-refractivity contribution in [2.24, 2.45) is 7.05 Å². The highest BCUT2D eigenvalue weighted by Crippen LogP contribution is 2.18. The van der Waals surface area contributed by atoms with Crippen LogP contribution in [-0.2, 0) is 13.6 Å². The predicted octanol–water partition coefficient (Wildman–Crippen LogP) is 1.86. The van der Waals surface area contributed by atoms with Crippen molar-refractivity contribution in [3.05, 3.63) is 46.3 Å². The highest BCUT2D eigenvalue weighted by molar-refractivity contribution is 5.96. The average Bonchev–Trinajstić information content (AvgIpc) is 2.69. The molecule has 0 aliphatic rings. The fourth-order valence-electron chi connectivity index (χ4n) is 2.21. The van der Waals surface area contributed by atoms with Crippen LogP contribution < -0.4 is 11.1 Å². The van der Waals surface area contributed by atoms with Crippen molar-refractivity contribution in [3.63, 3.8) is 0 Å². The number of carbonyl (C=O) groups is 1. The van der Waals surface area contributed by atoms with Crippen molar-refractivity contribution in [3.8, 4) is 0 Å². The molecule has 1 aromatic heterocycles. The van der Waals surface area contributed by atoms with E-state index in [1.165, 1.54) is 0 Å². The molecule has 20 heavy (non-hydrogen) atoms. The second kappa shape index (κ2) is 5.36. The Kier molecular flexibility index (Phi) is 3.79. The number of amides is 1. The summed E-state index contributed by atoms with van der Waals surface area (Å²) in [6.07, 6.45) is 1.91.